The first-order valence-electron chi connectivity index (χ1n) is 23.5. The molecule has 0 aromatic heterocycles. The van der Waals surface area contributed by atoms with E-state index in [0.29, 0.717) is 36.5 Å². The van der Waals surface area contributed by atoms with Gasteiger partial charge in [-0.3, -0.25) is 19.9 Å². The van der Waals surface area contributed by atoms with Gasteiger partial charge in [-0.2, -0.15) is 0 Å². The molecule has 2 aliphatic carbocycles. The zero-order chi connectivity index (χ0) is 46.8. The molecule has 2 aliphatic heterocycles. The second kappa shape index (κ2) is 22.5. The number of fused-ring (bicyclic) bond motifs is 3. The Hall–Kier alpha value is -5.51. The van der Waals surface area contributed by atoms with Crippen molar-refractivity contribution in [1.29, 1.82) is 0 Å². The Labute approximate surface area is 396 Å². The highest BCUT2D eigenvalue weighted by Crippen LogP contribution is 2.62. The summed E-state index contributed by atoms with van der Waals surface area (Å²) in [4.78, 5) is 36.1. The van der Waals surface area contributed by atoms with Gasteiger partial charge in [0, 0.05) is 62.9 Å². The number of unbranched alkanes of at least 4 members (excludes halogenated alkanes) is 2. The van der Waals surface area contributed by atoms with E-state index in [2.05, 4.69) is 23.6 Å². The third-order valence-corrected chi connectivity index (χ3v) is 13.7. The lowest BCUT2D eigenvalue weighted by atomic mass is 9.55. The van der Waals surface area contributed by atoms with Crippen molar-refractivity contribution >= 4 is 39.9 Å². The maximum Gasteiger partial charge on any atom is 0.410 e. The Balaban J connectivity index is 1.32. The Morgan fingerprint density at radius 2 is 1.78 bits per heavy atom. The molecule has 0 spiro atoms. The van der Waals surface area contributed by atoms with Gasteiger partial charge < -0.3 is 34.0 Å². The maximum atomic E-state index is 14.9. The van der Waals surface area contributed by atoms with Crippen LogP contribution in [0.15, 0.2) is 114 Å². The van der Waals surface area contributed by atoms with Crippen LogP contribution in [-0.4, -0.2) is 107 Å². The van der Waals surface area contributed by atoms with Crippen molar-refractivity contribution in [1.82, 2.24) is 9.80 Å². The van der Waals surface area contributed by atoms with Crippen molar-refractivity contribution in [2.75, 3.05) is 58.5 Å². The number of hydrogen-bond acceptors (Lipinski definition) is 12. The number of carbonyl (C=O) groups is 1. The van der Waals surface area contributed by atoms with Gasteiger partial charge in [0.15, 0.2) is 0 Å². The number of aliphatic hydroxyl groups is 2. The Morgan fingerprint density at radius 3 is 2.52 bits per heavy atom. The molecule has 4 aromatic carbocycles. The van der Waals surface area contributed by atoms with Crippen LogP contribution in [0.25, 0.3) is 10.8 Å². The molecular weight excluding hydrogens is 876 g/mol. The fraction of sp³-hybridized carbons (Fsp3) is 0.462. The van der Waals surface area contributed by atoms with Crippen molar-refractivity contribution < 1.29 is 43.7 Å². The Kier molecular flexibility index (Phi) is 16.1. The van der Waals surface area contributed by atoms with E-state index < -0.39 is 28.8 Å². The molecule has 1 amide bonds. The smallest absolute Gasteiger partial charge is 0.410 e. The number of rotatable bonds is 24. The summed E-state index contributed by atoms with van der Waals surface area (Å²) < 4.78 is 26.9. The van der Waals surface area contributed by atoms with Crippen LogP contribution in [0.5, 0.6) is 11.5 Å². The number of aliphatic hydroxyl groups excluding tert-OH is 2. The molecule has 0 bridgehead atoms. The van der Waals surface area contributed by atoms with Crippen molar-refractivity contribution in [2.45, 2.75) is 75.8 Å². The van der Waals surface area contributed by atoms with Crippen LogP contribution in [0, 0.1) is 27.9 Å². The van der Waals surface area contributed by atoms with E-state index >= 15 is 0 Å². The van der Waals surface area contributed by atoms with E-state index in [0.717, 1.165) is 78.5 Å². The van der Waals surface area contributed by atoms with Crippen LogP contribution >= 0.6 is 11.6 Å². The number of allylic oxidation sites excluding steroid dienone is 1. The average molecular weight is 938 g/mol. The summed E-state index contributed by atoms with van der Waals surface area (Å²) in [5, 5.41) is 38.4. The number of nitro benzene ring substituents is 1. The molecule has 0 unspecified atom stereocenters. The molecule has 14 nitrogen and oxygen atoms in total. The number of benzene rings is 4. The lowest BCUT2D eigenvalue weighted by molar-refractivity contribution is -0.384. The molecule has 6 atom stereocenters. The molecule has 4 aromatic rings. The number of halogens is 1. The Bertz CT molecular complexity index is 2400. The van der Waals surface area contributed by atoms with Crippen LogP contribution in [0.1, 0.15) is 67.6 Å². The number of carbonyl (C=O) groups excluding carboxylic acids is 1. The molecule has 2 fully saturated rings. The van der Waals surface area contributed by atoms with Crippen LogP contribution in [0.2, 0.25) is 0 Å². The van der Waals surface area contributed by atoms with E-state index in [4.69, 9.17) is 40.5 Å². The van der Waals surface area contributed by atoms with Crippen molar-refractivity contribution in [3.8, 4) is 11.5 Å². The first-order chi connectivity index (χ1) is 32.8. The first-order valence-corrected chi connectivity index (χ1v) is 24.1. The monoisotopic (exact) mass is 936 g/mol. The third-order valence-electron chi connectivity index (χ3n) is 13.5. The van der Waals surface area contributed by atoms with Crippen LogP contribution in [0.3, 0.4) is 0 Å². The molecule has 67 heavy (non-hydrogen) atoms. The first kappa shape index (κ1) is 48.0. The number of oxime groups is 1. The normalized spacial score (nSPS) is 23.4. The molecule has 1 saturated heterocycles. The van der Waals surface area contributed by atoms with Crippen LogP contribution in [-0.2, 0) is 27.5 Å². The van der Waals surface area contributed by atoms with Crippen molar-refractivity contribution in [2.24, 2.45) is 22.9 Å². The fourth-order valence-corrected chi connectivity index (χ4v) is 10.4. The molecule has 15 heteroatoms. The molecule has 2 N–H and O–H groups in total. The second-order valence-corrected chi connectivity index (χ2v) is 18.1. The summed E-state index contributed by atoms with van der Waals surface area (Å²) in [5.41, 5.74) is 3.98. The van der Waals surface area contributed by atoms with E-state index in [1.54, 1.807) is 23.1 Å². The van der Waals surface area contributed by atoms with Gasteiger partial charge in [-0.25, -0.2) is 4.79 Å². The number of alkyl halides is 1. The minimum absolute atomic E-state index is 0.0110. The van der Waals surface area contributed by atoms with Gasteiger partial charge in [-0.15, -0.1) is 18.2 Å². The largest absolute Gasteiger partial charge is 0.492 e. The highest BCUT2D eigenvalue weighted by atomic mass is 35.5. The highest BCUT2D eigenvalue weighted by molar-refractivity contribution is 6.18. The van der Waals surface area contributed by atoms with Crippen molar-refractivity contribution in [3.63, 3.8) is 0 Å². The van der Waals surface area contributed by atoms with E-state index in [9.17, 15) is 25.1 Å². The van der Waals surface area contributed by atoms with Crippen LogP contribution in [0.4, 0.5) is 10.5 Å². The summed E-state index contributed by atoms with van der Waals surface area (Å²) in [5.74, 6) is -0.875. The van der Waals surface area contributed by atoms with Gasteiger partial charge in [0.2, 0.25) is 5.79 Å². The predicted molar refractivity (Wildman–Crippen MR) is 256 cm³/mol. The van der Waals surface area contributed by atoms with Gasteiger partial charge >= 0.3 is 6.09 Å². The van der Waals surface area contributed by atoms with Gasteiger partial charge in [0.25, 0.3) is 5.69 Å². The number of amides is 1. The van der Waals surface area contributed by atoms with Crippen LogP contribution < -0.4 is 9.47 Å². The molecule has 1 saturated carbocycles. The molecule has 8 rings (SSSR count). The second-order valence-electron chi connectivity index (χ2n) is 17.7. The molecule has 356 valence electrons. The minimum atomic E-state index is -1.52. The van der Waals surface area contributed by atoms with E-state index in [-0.39, 0.29) is 75.3 Å². The lowest BCUT2D eigenvalue weighted by Gasteiger charge is -2.59. The standard InChI is InChI=1S/C52H61ClN4O10/c1-2-28-65-52-48(56(51(60)64-29-22-53)34-39-13-9-12-37-10-3-4-14-42(37)39)33-46(54-66-35-36-16-18-40(19-17-36)57(61)62)44-31-38(11-5-7-26-58)43(15-6-8-27-59)49(50(44)52)45-32-41(20-21-47(45)67-52)63-30-25-55-23-24-55/h2-4,9-10,12-14,16-21,31-32,38,43,48-50,58-59H,1,5-8,11,15,22-30,33-35H2/t38-,43+,48-,49+,50+,52+/m0/s1. The summed E-state index contributed by atoms with van der Waals surface area (Å²) in [6.45, 7) is 7.94. The van der Waals surface area contributed by atoms with Gasteiger partial charge in [0.05, 0.1) is 35.6 Å². The third kappa shape index (κ3) is 10.9. The number of nitrogens with zero attached hydrogens (tertiary/aromatic N) is 4. The minimum Gasteiger partial charge on any atom is -0.492 e. The number of hydrogen-bond donors (Lipinski definition) is 2. The molecule has 4 aliphatic rings. The zero-order valence-electron chi connectivity index (χ0n) is 37.9. The van der Waals surface area contributed by atoms with E-state index in [1.165, 1.54) is 12.1 Å². The maximum absolute atomic E-state index is 14.9. The summed E-state index contributed by atoms with van der Waals surface area (Å²) >= 11 is 6.17. The topological polar surface area (TPSA) is 165 Å². The number of ether oxygens (including phenoxy) is 4. The van der Waals surface area contributed by atoms with Gasteiger partial charge in [-0.05, 0) is 95.3 Å². The SMILES string of the molecule is C=CCO[C@@]12Oc3ccc(OCCN4CC4)cc3[C@H]3[C@H](CCCCO)[C@@H](CCCCO)C=C(C(=NOCc4ccc([N+](=O)[O-])cc4)C[C@@H]1N(Cc1cccc4ccccc14)C(=O)OCCCl)[C@H]32. The Morgan fingerprint density at radius 1 is 1.00 bits per heavy atom. The molecular formula is C52H61ClN4O10. The average Bonchev–Trinajstić information content (AvgIpc) is 4.18. The molecule has 2 heterocycles. The van der Waals surface area contributed by atoms with Gasteiger partial charge in [0.1, 0.15) is 37.4 Å². The quantitative estimate of drug-likeness (QED) is 0.0172. The summed E-state index contributed by atoms with van der Waals surface area (Å²) in [6.07, 6.45) is 7.92. The summed E-state index contributed by atoms with van der Waals surface area (Å²) in [6, 6.07) is 25.4. The van der Waals surface area contributed by atoms with E-state index in [1.807, 2.05) is 54.6 Å². The lowest BCUT2D eigenvalue weighted by Crippen LogP contribution is -2.70. The molecule has 0 radical (unpaired) electrons. The van der Waals surface area contributed by atoms with Crippen molar-refractivity contribution in [3.05, 3.63) is 136 Å². The number of nitro groups is 1. The highest BCUT2D eigenvalue weighted by Gasteiger charge is 2.65. The van der Waals surface area contributed by atoms with Gasteiger partial charge in [-0.1, -0.05) is 72.6 Å². The fourth-order valence-electron chi connectivity index (χ4n) is 10.3. The zero-order valence-corrected chi connectivity index (χ0v) is 38.6. The number of non-ortho nitro benzene ring substituents is 1. The summed E-state index contributed by atoms with van der Waals surface area (Å²) in [7, 11) is 0. The predicted octanol–water partition coefficient (Wildman–Crippen LogP) is 9.15.